The van der Waals surface area contributed by atoms with Crippen molar-refractivity contribution in [1.82, 2.24) is 5.32 Å². The summed E-state index contributed by atoms with van der Waals surface area (Å²) in [5.41, 5.74) is 8.19. The number of anilines is 1. The third-order valence-corrected chi connectivity index (χ3v) is 2.12. The smallest absolute Gasteiger partial charge is 0.251 e. The van der Waals surface area contributed by atoms with Crippen LogP contribution in [0.3, 0.4) is 0 Å². The first-order valence-corrected chi connectivity index (χ1v) is 4.85. The van der Waals surface area contributed by atoms with Gasteiger partial charge in [0.05, 0.1) is 0 Å². The molecule has 76 valence electrons. The Bertz CT molecular complexity index is 334. The van der Waals surface area contributed by atoms with Crippen LogP contribution in [0.15, 0.2) is 18.2 Å². The summed E-state index contributed by atoms with van der Waals surface area (Å²) in [7, 11) is 0. The van der Waals surface area contributed by atoms with E-state index in [0.29, 0.717) is 12.1 Å². The Kier molecular flexibility index (Phi) is 3.51. The van der Waals surface area contributed by atoms with Crippen LogP contribution in [0.5, 0.6) is 0 Å². The van der Waals surface area contributed by atoms with E-state index in [1.54, 1.807) is 12.1 Å². The van der Waals surface area contributed by atoms with Crippen molar-refractivity contribution in [1.29, 1.82) is 0 Å². The number of nitrogens with two attached hydrogens (primary N) is 1. The van der Waals surface area contributed by atoms with Crippen molar-refractivity contribution >= 4 is 11.6 Å². The van der Waals surface area contributed by atoms with Crippen LogP contribution in [0.2, 0.25) is 0 Å². The Morgan fingerprint density at radius 3 is 2.71 bits per heavy atom. The van der Waals surface area contributed by atoms with Crippen molar-refractivity contribution in [3.05, 3.63) is 29.3 Å². The summed E-state index contributed by atoms with van der Waals surface area (Å²) >= 11 is 0. The van der Waals surface area contributed by atoms with Gasteiger partial charge in [0.15, 0.2) is 0 Å². The topological polar surface area (TPSA) is 55.1 Å². The van der Waals surface area contributed by atoms with Crippen molar-refractivity contribution in [3.63, 3.8) is 0 Å². The molecule has 0 unspecified atom stereocenters. The van der Waals surface area contributed by atoms with Gasteiger partial charge in [0.2, 0.25) is 0 Å². The van der Waals surface area contributed by atoms with Gasteiger partial charge in [0.25, 0.3) is 5.91 Å². The third-order valence-electron chi connectivity index (χ3n) is 2.12. The monoisotopic (exact) mass is 192 g/mol. The van der Waals surface area contributed by atoms with Crippen LogP contribution in [-0.4, -0.2) is 12.5 Å². The molecule has 0 aliphatic carbocycles. The van der Waals surface area contributed by atoms with E-state index in [4.69, 9.17) is 5.73 Å². The Balaban J connectivity index is 2.94. The van der Waals surface area contributed by atoms with E-state index in [1.807, 2.05) is 19.9 Å². The molecule has 14 heavy (non-hydrogen) atoms. The van der Waals surface area contributed by atoms with Crippen molar-refractivity contribution < 1.29 is 4.79 Å². The SMILES string of the molecule is CCNC(=O)c1ccc(N)c(CC)c1. The van der Waals surface area contributed by atoms with E-state index in [-0.39, 0.29) is 5.91 Å². The van der Waals surface area contributed by atoms with Gasteiger partial charge in [-0.25, -0.2) is 0 Å². The summed E-state index contributed by atoms with van der Waals surface area (Å²) in [6.45, 7) is 4.56. The third kappa shape index (κ3) is 2.25. The van der Waals surface area contributed by atoms with Crippen molar-refractivity contribution in [2.45, 2.75) is 20.3 Å². The number of aryl methyl sites for hydroxylation is 1. The predicted octanol–water partition coefficient (Wildman–Crippen LogP) is 1.58. The number of amides is 1. The van der Waals surface area contributed by atoms with Crippen LogP contribution >= 0.6 is 0 Å². The molecule has 3 N–H and O–H groups in total. The molecule has 1 rings (SSSR count). The maximum atomic E-state index is 11.5. The lowest BCUT2D eigenvalue weighted by molar-refractivity contribution is 0.0956. The van der Waals surface area contributed by atoms with E-state index >= 15 is 0 Å². The van der Waals surface area contributed by atoms with Gasteiger partial charge in [0.1, 0.15) is 0 Å². The second kappa shape index (κ2) is 4.65. The quantitative estimate of drug-likeness (QED) is 0.714. The number of benzene rings is 1. The number of nitrogens with one attached hydrogen (secondary N) is 1. The number of hydrogen-bond donors (Lipinski definition) is 2. The average molecular weight is 192 g/mol. The Morgan fingerprint density at radius 2 is 2.14 bits per heavy atom. The molecule has 1 aromatic rings. The lowest BCUT2D eigenvalue weighted by atomic mass is 10.1. The highest BCUT2D eigenvalue weighted by molar-refractivity contribution is 5.94. The molecule has 0 atom stereocenters. The molecule has 3 heteroatoms. The molecule has 0 aromatic heterocycles. The van der Waals surface area contributed by atoms with Gasteiger partial charge in [-0.1, -0.05) is 6.92 Å². The predicted molar refractivity (Wildman–Crippen MR) is 58.2 cm³/mol. The first-order chi connectivity index (χ1) is 6.69. The van der Waals surface area contributed by atoms with Crippen LogP contribution < -0.4 is 11.1 Å². The average Bonchev–Trinajstić information content (AvgIpc) is 2.19. The minimum absolute atomic E-state index is 0.0396. The maximum Gasteiger partial charge on any atom is 0.251 e. The molecule has 0 saturated heterocycles. The Hall–Kier alpha value is -1.51. The van der Waals surface area contributed by atoms with Gasteiger partial charge >= 0.3 is 0 Å². The van der Waals surface area contributed by atoms with Crippen molar-refractivity contribution in [2.75, 3.05) is 12.3 Å². The molecular weight excluding hydrogens is 176 g/mol. The van der Waals surface area contributed by atoms with E-state index in [0.717, 1.165) is 17.7 Å². The summed E-state index contributed by atoms with van der Waals surface area (Å²) in [5, 5.41) is 2.75. The van der Waals surface area contributed by atoms with E-state index < -0.39 is 0 Å². The zero-order valence-corrected chi connectivity index (χ0v) is 8.63. The highest BCUT2D eigenvalue weighted by Crippen LogP contribution is 2.14. The summed E-state index contributed by atoms with van der Waals surface area (Å²) in [5.74, 6) is -0.0396. The molecule has 1 aromatic carbocycles. The molecule has 0 radical (unpaired) electrons. The second-order valence-electron chi connectivity index (χ2n) is 3.13. The highest BCUT2D eigenvalue weighted by Gasteiger charge is 2.05. The molecule has 1 amide bonds. The molecule has 0 bridgehead atoms. The molecular formula is C11H16N2O. The molecule has 0 aliphatic heterocycles. The van der Waals surface area contributed by atoms with E-state index in [1.165, 1.54) is 0 Å². The molecule has 0 spiro atoms. The Labute approximate surface area is 84.3 Å². The van der Waals surface area contributed by atoms with Gasteiger partial charge in [-0.05, 0) is 37.1 Å². The summed E-state index contributed by atoms with van der Waals surface area (Å²) in [4.78, 5) is 11.5. The van der Waals surface area contributed by atoms with Gasteiger partial charge in [-0.3, -0.25) is 4.79 Å². The van der Waals surface area contributed by atoms with Crippen molar-refractivity contribution in [3.8, 4) is 0 Å². The lowest BCUT2D eigenvalue weighted by Crippen LogP contribution is -2.22. The van der Waals surface area contributed by atoms with Gasteiger partial charge in [0, 0.05) is 17.8 Å². The van der Waals surface area contributed by atoms with E-state index in [2.05, 4.69) is 5.32 Å². The Morgan fingerprint density at radius 1 is 1.43 bits per heavy atom. The fraction of sp³-hybridized carbons (Fsp3) is 0.364. The normalized spacial score (nSPS) is 9.86. The summed E-state index contributed by atoms with van der Waals surface area (Å²) in [6.07, 6.45) is 0.846. The minimum Gasteiger partial charge on any atom is -0.399 e. The standard InChI is InChI=1S/C11H16N2O/c1-3-8-7-9(5-6-10(8)12)11(14)13-4-2/h5-7H,3-4,12H2,1-2H3,(H,13,14). The molecule has 0 aliphatic rings. The fourth-order valence-electron chi connectivity index (χ4n) is 1.32. The zero-order chi connectivity index (χ0) is 10.6. The van der Waals surface area contributed by atoms with Crippen molar-refractivity contribution in [2.24, 2.45) is 0 Å². The largest absolute Gasteiger partial charge is 0.399 e. The van der Waals surface area contributed by atoms with E-state index in [9.17, 15) is 4.79 Å². The highest BCUT2D eigenvalue weighted by atomic mass is 16.1. The number of rotatable bonds is 3. The van der Waals surface area contributed by atoms with Crippen LogP contribution in [-0.2, 0) is 6.42 Å². The lowest BCUT2D eigenvalue weighted by Gasteiger charge is -2.06. The minimum atomic E-state index is -0.0396. The molecule has 3 nitrogen and oxygen atoms in total. The van der Waals surface area contributed by atoms with Gasteiger partial charge in [-0.15, -0.1) is 0 Å². The second-order valence-corrected chi connectivity index (χ2v) is 3.13. The fourth-order valence-corrected chi connectivity index (χ4v) is 1.32. The van der Waals surface area contributed by atoms with Crippen LogP contribution in [0, 0.1) is 0 Å². The number of nitrogen functional groups attached to an aromatic ring is 1. The zero-order valence-electron chi connectivity index (χ0n) is 8.63. The summed E-state index contributed by atoms with van der Waals surface area (Å²) < 4.78 is 0. The van der Waals surface area contributed by atoms with Crippen LogP contribution in [0.1, 0.15) is 29.8 Å². The number of hydrogen-bond acceptors (Lipinski definition) is 2. The number of carbonyl (C=O) groups is 1. The maximum absolute atomic E-state index is 11.5. The van der Waals surface area contributed by atoms with Gasteiger partial charge < -0.3 is 11.1 Å². The number of carbonyl (C=O) groups excluding carboxylic acids is 1. The van der Waals surface area contributed by atoms with Gasteiger partial charge in [-0.2, -0.15) is 0 Å². The first-order valence-electron chi connectivity index (χ1n) is 4.85. The summed E-state index contributed by atoms with van der Waals surface area (Å²) in [6, 6.07) is 5.38. The molecule has 0 saturated carbocycles. The van der Waals surface area contributed by atoms with Crippen LogP contribution in [0.25, 0.3) is 0 Å². The van der Waals surface area contributed by atoms with Crippen LogP contribution in [0.4, 0.5) is 5.69 Å². The molecule has 0 heterocycles. The first kappa shape index (κ1) is 10.6. The molecule has 0 fully saturated rings.